The molecule has 3 nitrogen and oxygen atoms in total. The summed E-state index contributed by atoms with van der Waals surface area (Å²) in [6, 6.07) is 25.1. The minimum Gasteiger partial charge on any atom is -0.494 e. The lowest BCUT2D eigenvalue weighted by Gasteiger charge is -2.19. The minimum absolute atomic E-state index is 0.157. The molecule has 0 radical (unpaired) electrons. The smallest absolute Gasteiger partial charge is 0.141 e. The first-order chi connectivity index (χ1) is 14.4. The summed E-state index contributed by atoms with van der Waals surface area (Å²) in [5, 5.41) is 0. The number of imidazole rings is 1. The van der Waals surface area contributed by atoms with E-state index >= 15 is 0 Å². The van der Waals surface area contributed by atoms with Crippen molar-refractivity contribution < 1.29 is 4.74 Å². The van der Waals surface area contributed by atoms with Crippen LogP contribution in [0.25, 0.3) is 22.4 Å². The number of rotatable bonds is 6. The second-order valence-corrected chi connectivity index (χ2v) is 9.48. The highest BCUT2D eigenvalue weighted by Gasteiger charge is 2.14. The van der Waals surface area contributed by atoms with Gasteiger partial charge in [0.05, 0.1) is 17.6 Å². The molecule has 0 unspecified atom stereocenters. The van der Waals surface area contributed by atoms with Gasteiger partial charge in [0.15, 0.2) is 0 Å². The molecule has 0 aliphatic rings. The molecule has 1 heterocycles. The number of halogens is 1. The number of benzene rings is 3. The number of hydrogen-bond acceptors (Lipinski definition) is 2. The second kappa shape index (κ2) is 8.65. The lowest BCUT2D eigenvalue weighted by molar-refractivity contribution is 0.302. The Kier molecular flexibility index (Phi) is 5.96. The fourth-order valence-corrected chi connectivity index (χ4v) is 4.01. The monoisotopic (exact) mass is 462 g/mol. The first kappa shape index (κ1) is 20.7. The molecule has 1 aromatic heterocycles. The van der Waals surface area contributed by atoms with Gasteiger partial charge in [-0.2, -0.15) is 0 Å². The van der Waals surface area contributed by atoms with E-state index in [1.54, 1.807) is 0 Å². The van der Waals surface area contributed by atoms with Crippen LogP contribution in [0.5, 0.6) is 5.75 Å². The van der Waals surface area contributed by atoms with Crippen LogP contribution in [0, 0.1) is 0 Å². The highest BCUT2D eigenvalue weighted by molar-refractivity contribution is 9.10. The number of ether oxygens (including phenoxy) is 1. The Morgan fingerprint density at radius 2 is 1.70 bits per heavy atom. The van der Waals surface area contributed by atoms with Crippen molar-refractivity contribution in [1.29, 1.82) is 0 Å². The van der Waals surface area contributed by atoms with Crippen LogP contribution in [0.1, 0.15) is 32.8 Å². The van der Waals surface area contributed by atoms with E-state index in [1.165, 1.54) is 5.56 Å². The molecule has 0 saturated heterocycles. The second-order valence-electron chi connectivity index (χ2n) is 8.56. The third kappa shape index (κ3) is 4.59. The molecule has 0 N–H and O–H groups in total. The van der Waals surface area contributed by atoms with E-state index in [4.69, 9.17) is 9.72 Å². The molecular formula is C26H27BrN2O. The lowest BCUT2D eigenvalue weighted by atomic mass is 9.87. The quantitative estimate of drug-likeness (QED) is 0.282. The largest absolute Gasteiger partial charge is 0.494 e. The van der Waals surface area contributed by atoms with Gasteiger partial charge in [0.2, 0.25) is 0 Å². The molecule has 4 rings (SSSR count). The predicted octanol–water partition coefficient (Wildman–Crippen LogP) is 7.23. The minimum atomic E-state index is 0.157. The van der Waals surface area contributed by atoms with E-state index in [-0.39, 0.29) is 5.41 Å². The number of hydrogen-bond donors (Lipinski definition) is 0. The maximum atomic E-state index is 6.01. The Morgan fingerprint density at radius 1 is 0.933 bits per heavy atom. The molecule has 0 spiro atoms. The van der Waals surface area contributed by atoms with Crippen molar-refractivity contribution in [1.82, 2.24) is 9.55 Å². The molecule has 0 amide bonds. The standard InChI is InChI=1S/C26H27BrN2O/c1-26(2,3)20-12-14-22(15-13-20)30-17-7-16-29-24-11-5-4-10-23(24)28-25(29)19-8-6-9-21(27)18-19/h4-6,8-15,18H,7,16-17H2,1-3H3. The van der Waals surface area contributed by atoms with Crippen molar-refractivity contribution in [3.8, 4) is 17.1 Å². The van der Waals surface area contributed by atoms with Crippen LogP contribution in [0.4, 0.5) is 0 Å². The molecule has 0 aliphatic carbocycles. The van der Waals surface area contributed by atoms with Gasteiger partial charge in [0.1, 0.15) is 11.6 Å². The number of aryl methyl sites for hydroxylation is 1. The Labute approximate surface area is 186 Å². The fourth-order valence-electron chi connectivity index (χ4n) is 3.61. The van der Waals surface area contributed by atoms with E-state index in [0.29, 0.717) is 6.61 Å². The molecule has 0 saturated carbocycles. The van der Waals surface area contributed by atoms with Crippen molar-refractivity contribution >= 4 is 27.0 Å². The highest BCUT2D eigenvalue weighted by atomic mass is 79.9. The van der Waals surface area contributed by atoms with Crippen molar-refractivity contribution in [3.05, 3.63) is 82.8 Å². The summed E-state index contributed by atoms with van der Waals surface area (Å²) < 4.78 is 9.36. The van der Waals surface area contributed by atoms with Crippen LogP contribution in [0.2, 0.25) is 0 Å². The van der Waals surface area contributed by atoms with E-state index in [9.17, 15) is 0 Å². The Balaban J connectivity index is 1.48. The summed E-state index contributed by atoms with van der Waals surface area (Å²) >= 11 is 3.58. The zero-order chi connectivity index (χ0) is 21.1. The molecule has 0 atom stereocenters. The zero-order valence-corrected chi connectivity index (χ0v) is 19.3. The van der Waals surface area contributed by atoms with Gasteiger partial charge in [-0.25, -0.2) is 4.98 Å². The Morgan fingerprint density at radius 3 is 2.43 bits per heavy atom. The number of para-hydroxylation sites is 2. The van der Waals surface area contributed by atoms with Gasteiger partial charge >= 0.3 is 0 Å². The van der Waals surface area contributed by atoms with Crippen LogP contribution in [0.3, 0.4) is 0 Å². The van der Waals surface area contributed by atoms with Crippen molar-refractivity contribution in [2.75, 3.05) is 6.61 Å². The Bertz CT molecular complexity index is 1140. The van der Waals surface area contributed by atoms with Crippen molar-refractivity contribution in [3.63, 3.8) is 0 Å². The third-order valence-corrected chi connectivity index (χ3v) is 5.75. The fraction of sp³-hybridized carbons (Fsp3) is 0.269. The molecule has 4 aromatic rings. The van der Waals surface area contributed by atoms with Gasteiger partial charge in [0, 0.05) is 16.6 Å². The predicted molar refractivity (Wildman–Crippen MR) is 128 cm³/mol. The van der Waals surface area contributed by atoms with Crippen LogP contribution in [0.15, 0.2) is 77.3 Å². The normalized spacial score (nSPS) is 11.7. The molecule has 0 aliphatic heterocycles. The topological polar surface area (TPSA) is 27.1 Å². The SMILES string of the molecule is CC(C)(C)c1ccc(OCCCn2c(-c3cccc(Br)c3)nc3ccccc32)cc1. The van der Waals surface area contributed by atoms with Gasteiger partial charge < -0.3 is 9.30 Å². The van der Waals surface area contributed by atoms with E-state index in [2.05, 4.69) is 95.9 Å². The van der Waals surface area contributed by atoms with E-state index < -0.39 is 0 Å². The summed E-state index contributed by atoms with van der Waals surface area (Å²) in [5.41, 5.74) is 4.76. The maximum Gasteiger partial charge on any atom is 0.141 e. The van der Waals surface area contributed by atoms with Gasteiger partial charge in [-0.3, -0.25) is 0 Å². The summed E-state index contributed by atoms with van der Waals surface area (Å²) in [7, 11) is 0. The van der Waals surface area contributed by atoms with Gasteiger partial charge in [-0.15, -0.1) is 0 Å². The summed E-state index contributed by atoms with van der Waals surface area (Å²) in [4.78, 5) is 4.89. The average Bonchev–Trinajstić information content (AvgIpc) is 3.10. The molecular weight excluding hydrogens is 436 g/mol. The maximum absolute atomic E-state index is 6.01. The Hall–Kier alpha value is -2.59. The first-order valence-corrected chi connectivity index (χ1v) is 11.2. The molecule has 3 aromatic carbocycles. The number of fused-ring (bicyclic) bond motifs is 1. The highest BCUT2D eigenvalue weighted by Crippen LogP contribution is 2.27. The summed E-state index contributed by atoms with van der Waals surface area (Å²) in [6.45, 7) is 8.19. The molecule has 0 fully saturated rings. The van der Waals surface area contributed by atoms with Crippen molar-refractivity contribution in [2.24, 2.45) is 0 Å². The van der Waals surface area contributed by atoms with Gasteiger partial charge in [-0.05, 0) is 53.8 Å². The number of aromatic nitrogens is 2. The zero-order valence-electron chi connectivity index (χ0n) is 17.7. The molecule has 154 valence electrons. The van der Waals surface area contributed by atoms with E-state index in [1.807, 2.05) is 18.2 Å². The lowest BCUT2D eigenvalue weighted by Crippen LogP contribution is -2.10. The molecule has 0 bridgehead atoms. The molecule has 4 heteroatoms. The van der Waals surface area contributed by atoms with Crippen LogP contribution in [-0.2, 0) is 12.0 Å². The van der Waals surface area contributed by atoms with Gasteiger partial charge in [-0.1, -0.05) is 73.1 Å². The number of nitrogens with zero attached hydrogens (tertiary/aromatic N) is 2. The third-order valence-electron chi connectivity index (χ3n) is 5.25. The summed E-state index contributed by atoms with van der Waals surface area (Å²) in [6.07, 6.45) is 0.905. The summed E-state index contributed by atoms with van der Waals surface area (Å²) in [5.74, 6) is 1.91. The van der Waals surface area contributed by atoms with Crippen LogP contribution in [-0.4, -0.2) is 16.2 Å². The van der Waals surface area contributed by atoms with Crippen LogP contribution < -0.4 is 4.74 Å². The first-order valence-electron chi connectivity index (χ1n) is 10.4. The van der Waals surface area contributed by atoms with Crippen molar-refractivity contribution in [2.45, 2.75) is 39.2 Å². The molecule has 30 heavy (non-hydrogen) atoms. The van der Waals surface area contributed by atoms with Crippen LogP contribution >= 0.6 is 15.9 Å². The van der Waals surface area contributed by atoms with Gasteiger partial charge in [0.25, 0.3) is 0 Å². The average molecular weight is 463 g/mol. The van der Waals surface area contributed by atoms with E-state index in [0.717, 1.165) is 45.6 Å².